The minimum absolute atomic E-state index is 0.0246. The van der Waals surface area contributed by atoms with Crippen molar-refractivity contribution in [3.05, 3.63) is 57.8 Å². The Morgan fingerprint density at radius 2 is 1.71 bits per heavy atom. The molecule has 0 atom stereocenters. The molecule has 2 aromatic carbocycles. The molecule has 2 N–H and O–H groups in total. The highest BCUT2D eigenvalue weighted by Gasteiger charge is 2.21. The highest BCUT2D eigenvalue weighted by molar-refractivity contribution is 7.89. The van der Waals surface area contributed by atoms with Crippen molar-refractivity contribution in [2.45, 2.75) is 11.4 Å². The fraction of sp³-hybridized carbons (Fsp3) is 0.0769. The molecular weight excluding hydrogens is 340 g/mol. The quantitative estimate of drug-likeness (QED) is 0.832. The summed E-state index contributed by atoms with van der Waals surface area (Å²) in [5.74, 6) is -0.907. The van der Waals surface area contributed by atoms with Gasteiger partial charge in [-0.05, 0) is 29.8 Å². The van der Waals surface area contributed by atoms with Crippen LogP contribution >= 0.6 is 23.2 Å². The molecule has 0 amide bonds. The van der Waals surface area contributed by atoms with E-state index in [1.54, 1.807) is 12.1 Å². The average Bonchev–Trinajstić information content (AvgIpc) is 2.44. The summed E-state index contributed by atoms with van der Waals surface area (Å²) < 4.78 is 40.0. The fourth-order valence-electron chi connectivity index (χ4n) is 1.59. The summed E-state index contributed by atoms with van der Waals surface area (Å²) in [6.45, 7) is -0.0246. The molecule has 0 bridgehead atoms. The predicted molar refractivity (Wildman–Crippen MR) is 78.6 cm³/mol. The lowest BCUT2D eigenvalue weighted by atomic mass is 10.2. The third-order valence-corrected chi connectivity index (χ3v) is 4.91. The molecule has 21 heavy (non-hydrogen) atoms. The van der Waals surface area contributed by atoms with Gasteiger partial charge < -0.3 is 5.11 Å². The van der Waals surface area contributed by atoms with Crippen LogP contribution in [0.5, 0.6) is 5.75 Å². The highest BCUT2D eigenvalue weighted by atomic mass is 35.5. The molecule has 0 aliphatic carbocycles. The van der Waals surface area contributed by atoms with Crippen molar-refractivity contribution in [2.75, 3.05) is 0 Å². The number of sulfonamides is 1. The van der Waals surface area contributed by atoms with Gasteiger partial charge in [0.2, 0.25) is 10.0 Å². The van der Waals surface area contributed by atoms with E-state index >= 15 is 0 Å². The first-order valence-electron chi connectivity index (χ1n) is 5.72. The molecule has 2 rings (SSSR count). The minimum atomic E-state index is -3.98. The van der Waals surface area contributed by atoms with E-state index in [0.717, 1.165) is 12.1 Å². The van der Waals surface area contributed by atoms with Crippen LogP contribution in [0.1, 0.15) is 5.56 Å². The zero-order valence-electron chi connectivity index (χ0n) is 10.5. The second-order valence-electron chi connectivity index (χ2n) is 4.16. The smallest absolute Gasteiger partial charge is 0.242 e. The van der Waals surface area contributed by atoms with E-state index < -0.39 is 20.9 Å². The van der Waals surface area contributed by atoms with Crippen molar-refractivity contribution in [1.29, 1.82) is 0 Å². The summed E-state index contributed by atoms with van der Waals surface area (Å²) in [4.78, 5) is -0.384. The van der Waals surface area contributed by atoms with Crippen molar-refractivity contribution < 1.29 is 17.9 Å². The second-order valence-corrected chi connectivity index (χ2v) is 6.69. The summed E-state index contributed by atoms with van der Waals surface area (Å²) in [7, 11) is -3.98. The van der Waals surface area contributed by atoms with Crippen LogP contribution in [-0.2, 0) is 16.6 Å². The first-order valence-corrected chi connectivity index (χ1v) is 7.96. The van der Waals surface area contributed by atoms with Gasteiger partial charge in [-0.25, -0.2) is 17.5 Å². The van der Waals surface area contributed by atoms with Gasteiger partial charge in [0.25, 0.3) is 0 Å². The topological polar surface area (TPSA) is 66.4 Å². The number of phenolic OH excluding ortho intramolecular Hbond substituents is 1. The van der Waals surface area contributed by atoms with Crippen LogP contribution in [0.25, 0.3) is 0 Å². The number of phenols is 1. The molecule has 4 nitrogen and oxygen atoms in total. The molecule has 0 aliphatic rings. The van der Waals surface area contributed by atoms with E-state index in [1.807, 2.05) is 0 Å². The van der Waals surface area contributed by atoms with E-state index in [0.29, 0.717) is 5.56 Å². The van der Waals surface area contributed by atoms with Gasteiger partial charge in [-0.3, -0.25) is 0 Å². The lowest BCUT2D eigenvalue weighted by molar-refractivity contribution is 0.475. The SMILES string of the molecule is O=S(=O)(NCc1ccc(O)cc1)c1ccc(Cl)c(F)c1Cl. The van der Waals surface area contributed by atoms with Crippen molar-refractivity contribution in [3.8, 4) is 5.75 Å². The first kappa shape index (κ1) is 16.0. The van der Waals surface area contributed by atoms with Crippen LogP contribution in [0.2, 0.25) is 10.0 Å². The Balaban J connectivity index is 2.23. The molecular formula is C13H10Cl2FNO3S. The van der Waals surface area contributed by atoms with Gasteiger partial charge in [-0.1, -0.05) is 35.3 Å². The average molecular weight is 350 g/mol. The largest absolute Gasteiger partial charge is 0.508 e. The molecule has 0 aliphatic heterocycles. The summed E-state index contributed by atoms with van der Waals surface area (Å²) in [5, 5.41) is 8.34. The van der Waals surface area contributed by atoms with E-state index in [-0.39, 0.29) is 22.2 Å². The van der Waals surface area contributed by atoms with Gasteiger partial charge in [0, 0.05) is 6.54 Å². The fourth-order valence-corrected chi connectivity index (χ4v) is 3.35. The van der Waals surface area contributed by atoms with E-state index in [2.05, 4.69) is 4.72 Å². The number of aromatic hydroxyl groups is 1. The zero-order valence-corrected chi connectivity index (χ0v) is 12.8. The molecule has 112 valence electrons. The third-order valence-electron chi connectivity index (χ3n) is 2.69. The maximum Gasteiger partial charge on any atom is 0.242 e. The first-order chi connectivity index (χ1) is 9.81. The molecule has 0 heterocycles. The summed E-state index contributed by atoms with van der Waals surface area (Å²) in [5.41, 5.74) is 0.627. The van der Waals surface area contributed by atoms with Crippen molar-refractivity contribution in [1.82, 2.24) is 4.72 Å². The summed E-state index contributed by atoms with van der Waals surface area (Å²) in [6.07, 6.45) is 0. The van der Waals surface area contributed by atoms with Crippen molar-refractivity contribution in [3.63, 3.8) is 0 Å². The van der Waals surface area contributed by atoms with Crippen LogP contribution in [0.15, 0.2) is 41.3 Å². The monoisotopic (exact) mass is 349 g/mol. The normalized spacial score (nSPS) is 11.6. The third kappa shape index (κ3) is 3.65. The second kappa shape index (κ2) is 6.19. The lowest BCUT2D eigenvalue weighted by Crippen LogP contribution is -2.23. The van der Waals surface area contributed by atoms with E-state index in [9.17, 15) is 12.8 Å². The number of benzene rings is 2. The standard InChI is InChI=1S/C13H10Cl2FNO3S/c14-10-5-6-11(12(15)13(10)16)21(19,20)17-7-8-1-3-9(18)4-2-8/h1-6,17-18H,7H2. The van der Waals surface area contributed by atoms with Crippen LogP contribution in [0.4, 0.5) is 4.39 Å². The van der Waals surface area contributed by atoms with Crippen molar-refractivity contribution in [2.24, 2.45) is 0 Å². The van der Waals surface area contributed by atoms with Crippen LogP contribution in [0.3, 0.4) is 0 Å². The number of nitrogens with one attached hydrogen (secondary N) is 1. The Labute approximate surface area is 131 Å². The van der Waals surface area contributed by atoms with Gasteiger partial charge in [0.15, 0.2) is 5.82 Å². The van der Waals surface area contributed by atoms with Gasteiger partial charge in [-0.2, -0.15) is 0 Å². The number of rotatable bonds is 4. The molecule has 0 aromatic heterocycles. The Morgan fingerprint density at radius 3 is 2.33 bits per heavy atom. The van der Waals surface area contributed by atoms with Crippen LogP contribution in [0, 0.1) is 5.82 Å². The van der Waals surface area contributed by atoms with Crippen LogP contribution in [-0.4, -0.2) is 13.5 Å². The molecule has 0 radical (unpaired) electrons. The Hall–Kier alpha value is -1.34. The van der Waals surface area contributed by atoms with Gasteiger partial charge in [0.05, 0.1) is 10.0 Å². The van der Waals surface area contributed by atoms with E-state index in [4.69, 9.17) is 28.3 Å². The maximum atomic E-state index is 13.5. The Morgan fingerprint density at radius 1 is 1.10 bits per heavy atom. The molecule has 0 saturated carbocycles. The van der Waals surface area contributed by atoms with E-state index in [1.165, 1.54) is 12.1 Å². The van der Waals surface area contributed by atoms with Gasteiger partial charge >= 0.3 is 0 Å². The van der Waals surface area contributed by atoms with Gasteiger partial charge in [0.1, 0.15) is 10.6 Å². The number of hydrogen-bond donors (Lipinski definition) is 2. The number of halogens is 3. The minimum Gasteiger partial charge on any atom is -0.508 e. The lowest BCUT2D eigenvalue weighted by Gasteiger charge is -2.09. The zero-order chi connectivity index (χ0) is 15.6. The molecule has 0 saturated heterocycles. The highest BCUT2D eigenvalue weighted by Crippen LogP contribution is 2.29. The van der Waals surface area contributed by atoms with Crippen LogP contribution < -0.4 is 4.72 Å². The maximum absolute atomic E-state index is 13.5. The summed E-state index contributed by atoms with van der Waals surface area (Å²) >= 11 is 11.2. The molecule has 0 unspecified atom stereocenters. The molecule has 0 spiro atoms. The predicted octanol–water partition coefficient (Wildman–Crippen LogP) is 3.32. The van der Waals surface area contributed by atoms with Gasteiger partial charge in [-0.15, -0.1) is 0 Å². The number of hydrogen-bond acceptors (Lipinski definition) is 3. The molecule has 8 heteroatoms. The Bertz CT molecular complexity index is 764. The Kier molecular flexibility index (Phi) is 4.73. The molecule has 2 aromatic rings. The molecule has 0 fully saturated rings. The van der Waals surface area contributed by atoms with Crippen molar-refractivity contribution >= 4 is 33.2 Å². The summed E-state index contributed by atoms with van der Waals surface area (Å²) in [6, 6.07) is 8.23.